The van der Waals surface area contributed by atoms with Crippen LogP contribution in [0.25, 0.3) is 6.20 Å². The van der Waals surface area contributed by atoms with Crippen LogP contribution in [0.2, 0.25) is 0 Å². The van der Waals surface area contributed by atoms with Crippen molar-refractivity contribution in [1.29, 1.82) is 0 Å². The van der Waals surface area contributed by atoms with Crippen LogP contribution in [0.4, 0.5) is 0 Å². The predicted molar refractivity (Wildman–Crippen MR) is 199 cm³/mol. The summed E-state index contributed by atoms with van der Waals surface area (Å²) in [5, 5.41) is 0. The minimum Gasteiger partial charge on any atom is -0.460 e. The molecule has 1 aromatic heterocycles. The fourth-order valence-corrected chi connectivity index (χ4v) is 6.66. The molecule has 0 unspecified atom stereocenters. The van der Waals surface area contributed by atoms with Crippen LogP contribution in [0.3, 0.4) is 0 Å². The second-order valence-corrected chi connectivity index (χ2v) is 15.1. The summed E-state index contributed by atoms with van der Waals surface area (Å²) in [6, 6.07) is 30.7. The van der Waals surface area contributed by atoms with Gasteiger partial charge in [-0.15, -0.1) is 0 Å². The summed E-state index contributed by atoms with van der Waals surface area (Å²) >= 11 is 0. The van der Waals surface area contributed by atoms with E-state index in [1.807, 2.05) is 91.0 Å². The molecule has 54 heavy (non-hydrogen) atoms. The van der Waals surface area contributed by atoms with Crippen LogP contribution >= 0.6 is 0 Å². The Morgan fingerprint density at radius 1 is 0.704 bits per heavy atom. The third-order valence-electron chi connectivity index (χ3n) is 8.74. The number of nitrogens with zero attached hydrogens (tertiary/aromatic N) is 2. The largest absolute Gasteiger partial charge is 0.460 e. The maximum absolute atomic E-state index is 13.9. The molecule has 0 radical (unpaired) electrons. The molecule has 6 rings (SSSR count). The molecule has 0 spiro atoms. The zero-order valence-corrected chi connectivity index (χ0v) is 31.2. The molecule has 12 heteroatoms. The quantitative estimate of drug-likeness (QED) is 0.109. The lowest BCUT2D eigenvalue weighted by atomic mass is 9.80. The van der Waals surface area contributed by atoms with Crippen LogP contribution in [0.5, 0.6) is 0 Å². The van der Waals surface area contributed by atoms with E-state index in [2.05, 4.69) is 0 Å². The first kappa shape index (κ1) is 38.6. The maximum Gasteiger partial charge on any atom is 0.337 e. The Hall–Kier alpha value is -5.14. The summed E-state index contributed by atoms with van der Waals surface area (Å²) in [4.78, 5) is 52.1. The number of fused-ring (bicyclic) bond motifs is 1. The van der Waals surface area contributed by atoms with Gasteiger partial charge in [0.1, 0.15) is 35.1 Å². The fourth-order valence-electron chi connectivity index (χ4n) is 6.66. The van der Waals surface area contributed by atoms with Crippen molar-refractivity contribution >= 4 is 18.1 Å². The van der Waals surface area contributed by atoms with Gasteiger partial charge in [0.2, 0.25) is 0 Å². The number of carbonyl (C=O) groups is 2. The molecule has 284 valence electrons. The molecule has 2 aliphatic heterocycles. The van der Waals surface area contributed by atoms with E-state index in [1.165, 1.54) is 16.8 Å². The molecular formula is C42H46N2O10. The molecule has 3 aromatic carbocycles. The van der Waals surface area contributed by atoms with Gasteiger partial charge in [0.05, 0.1) is 13.0 Å². The topological polar surface area (TPSA) is 134 Å². The Kier molecular flexibility index (Phi) is 11.2. The van der Waals surface area contributed by atoms with Gasteiger partial charge in [-0.1, -0.05) is 91.0 Å². The van der Waals surface area contributed by atoms with E-state index >= 15 is 0 Å². The van der Waals surface area contributed by atoms with Crippen LogP contribution in [0.1, 0.15) is 70.9 Å². The van der Waals surface area contributed by atoms with E-state index in [4.69, 9.17) is 28.4 Å². The predicted octanol–water partition coefficient (Wildman–Crippen LogP) is 5.57. The number of benzene rings is 3. The second-order valence-electron chi connectivity index (χ2n) is 15.1. The first-order chi connectivity index (χ1) is 25.6. The van der Waals surface area contributed by atoms with Gasteiger partial charge in [0.25, 0.3) is 5.56 Å². The lowest BCUT2D eigenvalue weighted by Gasteiger charge is -2.37. The molecule has 0 amide bonds. The van der Waals surface area contributed by atoms with Crippen LogP contribution in [-0.4, -0.2) is 63.5 Å². The molecule has 0 bridgehead atoms. The van der Waals surface area contributed by atoms with Crippen molar-refractivity contribution in [1.82, 2.24) is 9.13 Å². The zero-order valence-electron chi connectivity index (χ0n) is 31.2. The highest BCUT2D eigenvalue weighted by Gasteiger charge is 2.55. The van der Waals surface area contributed by atoms with Gasteiger partial charge in [0, 0.05) is 24.5 Å². The zero-order chi connectivity index (χ0) is 38.7. The Balaban J connectivity index is 1.37. The SMILES string of the molecule is CC(C)(C)OC(=O)/C=C/n1c(=O)ccn([C@@H]2O[C@H](COC(c3ccccc3)(c3ccccc3)c3ccccc3)[C@H]3O[C@@H](CC(=O)OC(C)(C)C)O[C@H]32)c1=O. The number of carbonyl (C=O) groups excluding carboxylic acids is 2. The third-order valence-corrected chi connectivity index (χ3v) is 8.74. The first-order valence-corrected chi connectivity index (χ1v) is 17.9. The van der Waals surface area contributed by atoms with Crippen LogP contribution in [0, 0.1) is 0 Å². The number of aromatic nitrogens is 2. The normalized spacial score (nSPS) is 21.6. The van der Waals surface area contributed by atoms with Crippen LogP contribution in [0.15, 0.2) is 119 Å². The molecule has 12 nitrogen and oxygen atoms in total. The van der Waals surface area contributed by atoms with Crippen molar-refractivity contribution in [3.63, 3.8) is 0 Å². The smallest absolute Gasteiger partial charge is 0.337 e. The average Bonchev–Trinajstić information content (AvgIpc) is 3.67. The molecule has 4 aromatic rings. The van der Waals surface area contributed by atoms with E-state index < -0.39 is 70.8 Å². The van der Waals surface area contributed by atoms with Crippen molar-refractivity contribution in [3.05, 3.63) is 147 Å². The highest BCUT2D eigenvalue weighted by Crippen LogP contribution is 2.44. The molecule has 0 aliphatic carbocycles. The molecule has 2 fully saturated rings. The number of hydrogen-bond donors (Lipinski definition) is 0. The van der Waals surface area contributed by atoms with Gasteiger partial charge in [-0.05, 0) is 58.2 Å². The van der Waals surface area contributed by atoms with Crippen molar-refractivity contribution in [2.75, 3.05) is 6.61 Å². The minimum absolute atomic E-state index is 0.0359. The summed E-state index contributed by atoms with van der Waals surface area (Å²) in [5.41, 5.74) is -1.43. The monoisotopic (exact) mass is 738 g/mol. The summed E-state index contributed by atoms with van der Waals surface area (Å²) in [7, 11) is 0. The number of hydrogen-bond acceptors (Lipinski definition) is 10. The van der Waals surface area contributed by atoms with Gasteiger partial charge in [-0.25, -0.2) is 14.2 Å². The summed E-state index contributed by atoms with van der Waals surface area (Å²) < 4.78 is 39.1. The fraction of sp³-hybridized carbons (Fsp3) is 0.381. The molecular weight excluding hydrogens is 692 g/mol. The number of esters is 2. The molecule has 2 aliphatic rings. The second kappa shape index (κ2) is 15.7. The van der Waals surface area contributed by atoms with Gasteiger partial charge >= 0.3 is 17.6 Å². The average molecular weight is 739 g/mol. The Morgan fingerprint density at radius 2 is 1.22 bits per heavy atom. The molecule has 0 saturated carbocycles. The van der Waals surface area contributed by atoms with E-state index in [1.54, 1.807) is 41.5 Å². The van der Waals surface area contributed by atoms with E-state index in [0.717, 1.165) is 33.5 Å². The van der Waals surface area contributed by atoms with Gasteiger partial charge in [0.15, 0.2) is 12.5 Å². The van der Waals surface area contributed by atoms with Crippen LogP contribution in [-0.2, 0) is 43.6 Å². The van der Waals surface area contributed by atoms with E-state index in [-0.39, 0.29) is 13.0 Å². The summed E-state index contributed by atoms with van der Waals surface area (Å²) in [5.74, 6) is -1.25. The molecule has 5 atom stereocenters. The Bertz CT molecular complexity index is 1970. The highest BCUT2D eigenvalue weighted by atomic mass is 16.8. The summed E-state index contributed by atoms with van der Waals surface area (Å²) in [6.07, 6.45) is -1.47. The maximum atomic E-state index is 13.9. The van der Waals surface area contributed by atoms with Crippen LogP contribution < -0.4 is 11.2 Å². The van der Waals surface area contributed by atoms with Crippen molar-refractivity contribution in [3.8, 4) is 0 Å². The van der Waals surface area contributed by atoms with E-state index in [0.29, 0.717) is 0 Å². The van der Waals surface area contributed by atoms with Gasteiger partial charge < -0.3 is 28.4 Å². The number of rotatable bonds is 11. The third kappa shape index (κ3) is 8.63. The Labute approximate surface area is 313 Å². The van der Waals surface area contributed by atoms with Gasteiger partial charge in [-0.3, -0.25) is 14.2 Å². The van der Waals surface area contributed by atoms with Crippen molar-refractivity contribution in [2.45, 2.75) is 95.6 Å². The van der Waals surface area contributed by atoms with Crippen molar-refractivity contribution < 1.29 is 38.0 Å². The minimum atomic E-state index is -1.11. The van der Waals surface area contributed by atoms with Crippen molar-refractivity contribution in [2.24, 2.45) is 0 Å². The van der Waals surface area contributed by atoms with Gasteiger partial charge in [-0.2, -0.15) is 0 Å². The Morgan fingerprint density at radius 3 is 1.74 bits per heavy atom. The highest BCUT2D eigenvalue weighted by molar-refractivity contribution is 5.85. The standard InChI is InChI=1S/C42H46N2O10/c1-40(2,3)53-33(46)23-25-43-32(45)22-24-44(39(43)48)38-37-36(51-35(52-37)26-34(47)54-41(4,5)6)31(50-38)27-49-42(28-16-10-7-11-17-28,29-18-12-8-13-19-29)30-20-14-9-15-21-30/h7-25,31,35-38H,26-27H2,1-6H3/b25-23+/t31-,35-,36-,37-,38-/m1/s1. The molecule has 0 N–H and O–H groups in total. The first-order valence-electron chi connectivity index (χ1n) is 17.9. The lowest BCUT2D eigenvalue weighted by molar-refractivity contribution is -0.181. The molecule has 3 heterocycles. The van der Waals surface area contributed by atoms with E-state index in [9.17, 15) is 19.2 Å². The lowest BCUT2D eigenvalue weighted by Crippen LogP contribution is -2.41. The molecule has 2 saturated heterocycles. The number of ether oxygens (including phenoxy) is 6. The summed E-state index contributed by atoms with van der Waals surface area (Å²) in [6.45, 7) is 10.4.